The second-order valence-electron chi connectivity index (χ2n) is 5.09. The molecule has 0 radical (unpaired) electrons. The van der Waals surface area contributed by atoms with Gasteiger partial charge < -0.3 is 10.4 Å². The van der Waals surface area contributed by atoms with Crippen LogP contribution in [0.25, 0.3) is 0 Å². The molecule has 4 nitrogen and oxygen atoms in total. The Morgan fingerprint density at radius 2 is 2.00 bits per heavy atom. The van der Waals surface area contributed by atoms with Crippen molar-refractivity contribution < 1.29 is 9.90 Å². The molecule has 0 saturated heterocycles. The summed E-state index contributed by atoms with van der Waals surface area (Å²) in [6, 6.07) is 9.82. The van der Waals surface area contributed by atoms with Crippen LogP contribution in [0.1, 0.15) is 32.8 Å². The maximum absolute atomic E-state index is 11.8. The first-order chi connectivity index (χ1) is 9.01. The molecule has 1 aromatic rings. The molecule has 0 fully saturated rings. The van der Waals surface area contributed by atoms with E-state index in [1.54, 1.807) is 0 Å². The van der Waals surface area contributed by atoms with Crippen LogP contribution in [0.2, 0.25) is 0 Å². The molecule has 0 aliphatic rings. The second-order valence-corrected chi connectivity index (χ2v) is 5.09. The zero-order valence-electron chi connectivity index (χ0n) is 11.9. The summed E-state index contributed by atoms with van der Waals surface area (Å²) in [4.78, 5) is 11.8. The van der Waals surface area contributed by atoms with Gasteiger partial charge in [0, 0.05) is 6.04 Å². The van der Waals surface area contributed by atoms with Crippen molar-refractivity contribution in [2.45, 2.75) is 38.8 Å². The van der Waals surface area contributed by atoms with E-state index in [9.17, 15) is 9.90 Å². The number of benzene rings is 1. The van der Waals surface area contributed by atoms with Crippen LogP contribution in [0.5, 0.6) is 0 Å². The number of hydrogen-bond acceptors (Lipinski definition) is 3. The minimum atomic E-state index is -0.603. The molecular weight excluding hydrogens is 240 g/mol. The third kappa shape index (κ3) is 4.65. The largest absolute Gasteiger partial charge is 0.394 e. The third-order valence-electron chi connectivity index (χ3n) is 3.39. The van der Waals surface area contributed by atoms with Crippen molar-refractivity contribution in [3.8, 4) is 0 Å². The van der Waals surface area contributed by atoms with Gasteiger partial charge in [-0.2, -0.15) is 0 Å². The van der Waals surface area contributed by atoms with Crippen molar-refractivity contribution in [3.05, 3.63) is 35.9 Å². The molecule has 0 heterocycles. The Morgan fingerprint density at radius 1 is 1.37 bits per heavy atom. The quantitative estimate of drug-likeness (QED) is 0.697. The molecule has 106 valence electrons. The van der Waals surface area contributed by atoms with Gasteiger partial charge in [0.05, 0.1) is 18.7 Å². The van der Waals surface area contributed by atoms with E-state index in [2.05, 4.69) is 10.6 Å². The van der Waals surface area contributed by atoms with Gasteiger partial charge in [-0.1, -0.05) is 37.3 Å². The lowest BCUT2D eigenvalue weighted by Gasteiger charge is -2.29. The third-order valence-corrected chi connectivity index (χ3v) is 3.39. The van der Waals surface area contributed by atoms with Gasteiger partial charge in [-0.25, -0.2) is 0 Å². The van der Waals surface area contributed by atoms with Crippen molar-refractivity contribution >= 4 is 5.91 Å². The van der Waals surface area contributed by atoms with Crippen LogP contribution < -0.4 is 10.6 Å². The van der Waals surface area contributed by atoms with E-state index in [4.69, 9.17) is 0 Å². The maximum Gasteiger partial charge on any atom is 0.234 e. The van der Waals surface area contributed by atoms with Crippen molar-refractivity contribution in [2.24, 2.45) is 0 Å². The summed E-state index contributed by atoms with van der Waals surface area (Å²) in [5.41, 5.74) is 0.363. The van der Waals surface area contributed by atoms with Gasteiger partial charge in [0.1, 0.15) is 0 Å². The highest BCUT2D eigenvalue weighted by atomic mass is 16.3. The van der Waals surface area contributed by atoms with Gasteiger partial charge in [0.25, 0.3) is 0 Å². The molecule has 2 atom stereocenters. The van der Waals surface area contributed by atoms with E-state index < -0.39 is 5.54 Å². The number of rotatable bonds is 7. The standard InChI is InChI=1S/C15H24N2O2/c1-4-12(2)17-14(19)10-16-15(3,11-18)13-8-6-5-7-9-13/h5-9,12,16,18H,4,10-11H2,1-3H3,(H,17,19). The molecule has 2 unspecified atom stereocenters. The lowest BCUT2D eigenvalue weighted by molar-refractivity contribution is -0.121. The Kier molecular flexibility index (Phi) is 5.99. The number of aliphatic hydroxyl groups excluding tert-OH is 1. The molecule has 0 spiro atoms. The zero-order chi connectivity index (χ0) is 14.3. The predicted molar refractivity (Wildman–Crippen MR) is 76.8 cm³/mol. The first-order valence-electron chi connectivity index (χ1n) is 6.72. The Balaban J connectivity index is 2.60. The number of carbonyl (C=O) groups excluding carboxylic acids is 1. The smallest absolute Gasteiger partial charge is 0.234 e. The predicted octanol–water partition coefficient (Wildman–Crippen LogP) is 1.40. The summed E-state index contributed by atoms with van der Waals surface area (Å²) >= 11 is 0. The Bertz CT molecular complexity index is 394. The van der Waals surface area contributed by atoms with Crippen molar-refractivity contribution in [1.82, 2.24) is 10.6 Å². The Morgan fingerprint density at radius 3 is 2.53 bits per heavy atom. The fraction of sp³-hybridized carbons (Fsp3) is 0.533. The zero-order valence-corrected chi connectivity index (χ0v) is 11.9. The van der Waals surface area contributed by atoms with E-state index in [0.717, 1.165) is 12.0 Å². The first kappa shape index (κ1) is 15.7. The van der Waals surface area contributed by atoms with Crippen LogP contribution >= 0.6 is 0 Å². The molecule has 0 saturated carbocycles. The van der Waals surface area contributed by atoms with E-state index >= 15 is 0 Å². The van der Waals surface area contributed by atoms with E-state index in [-0.39, 0.29) is 25.1 Å². The molecule has 1 amide bonds. The van der Waals surface area contributed by atoms with Gasteiger partial charge in [0.2, 0.25) is 5.91 Å². The monoisotopic (exact) mass is 264 g/mol. The number of aliphatic hydroxyl groups is 1. The average molecular weight is 264 g/mol. The minimum absolute atomic E-state index is 0.0510. The Labute approximate surface area is 115 Å². The molecule has 4 heteroatoms. The summed E-state index contributed by atoms with van der Waals surface area (Å²) in [6.07, 6.45) is 0.904. The number of carbonyl (C=O) groups is 1. The summed E-state index contributed by atoms with van der Waals surface area (Å²) < 4.78 is 0. The average Bonchev–Trinajstić information content (AvgIpc) is 2.45. The van der Waals surface area contributed by atoms with Gasteiger partial charge in [-0.15, -0.1) is 0 Å². The van der Waals surface area contributed by atoms with Crippen LogP contribution in [-0.4, -0.2) is 30.2 Å². The van der Waals surface area contributed by atoms with Gasteiger partial charge in [-0.05, 0) is 25.8 Å². The molecule has 0 aromatic heterocycles. The summed E-state index contributed by atoms with van der Waals surface area (Å²) in [7, 11) is 0. The van der Waals surface area contributed by atoms with Crippen LogP contribution in [0.4, 0.5) is 0 Å². The molecular formula is C15H24N2O2. The fourth-order valence-corrected chi connectivity index (χ4v) is 1.76. The van der Waals surface area contributed by atoms with Crippen LogP contribution in [-0.2, 0) is 10.3 Å². The molecule has 19 heavy (non-hydrogen) atoms. The molecule has 1 rings (SSSR count). The van der Waals surface area contributed by atoms with Crippen LogP contribution in [0, 0.1) is 0 Å². The molecule has 0 aliphatic heterocycles. The summed E-state index contributed by atoms with van der Waals surface area (Å²) in [5, 5.41) is 15.6. The highest BCUT2D eigenvalue weighted by Gasteiger charge is 2.25. The molecule has 0 bridgehead atoms. The van der Waals surface area contributed by atoms with Crippen molar-refractivity contribution in [1.29, 1.82) is 0 Å². The van der Waals surface area contributed by atoms with Gasteiger partial charge in [0.15, 0.2) is 0 Å². The van der Waals surface area contributed by atoms with Gasteiger partial charge in [-0.3, -0.25) is 10.1 Å². The lowest BCUT2D eigenvalue weighted by atomic mass is 9.93. The van der Waals surface area contributed by atoms with Crippen LogP contribution in [0.3, 0.4) is 0 Å². The highest BCUT2D eigenvalue weighted by Crippen LogP contribution is 2.19. The van der Waals surface area contributed by atoms with E-state index in [1.165, 1.54) is 0 Å². The Hall–Kier alpha value is -1.39. The second kappa shape index (κ2) is 7.26. The highest BCUT2D eigenvalue weighted by molar-refractivity contribution is 5.78. The number of amides is 1. The number of nitrogens with one attached hydrogen (secondary N) is 2. The SMILES string of the molecule is CCC(C)NC(=O)CNC(C)(CO)c1ccccc1. The number of hydrogen-bond donors (Lipinski definition) is 3. The normalized spacial score (nSPS) is 15.6. The molecule has 1 aromatic carbocycles. The fourth-order valence-electron chi connectivity index (χ4n) is 1.76. The topological polar surface area (TPSA) is 61.4 Å². The summed E-state index contributed by atoms with van der Waals surface area (Å²) in [6.45, 7) is 6.02. The first-order valence-corrected chi connectivity index (χ1v) is 6.72. The van der Waals surface area contributed by atoms with Crippen LogP contribution in [0.15, 0.2) is 30.3 Å². The van der Waals surface area contributed by atoms with Crippen molar-refractivity contribution in [2.75, 3.05) is 13.2 Å². The molecule has 3 N–H and O–H groups in total. The maximum atomic E-state index is 11.8. The summed E-state index contributed by atoms with van der Waals surface area (Å²) in [5.74, 6) is -0.0510. The van der Waals surface area contributed by atoms with Crippen molar-refractivity contribution in [3.63, 3.8) is 0 Å². The lowest BCUT2D eigenvalue weighted by Crippen LogP contribution is -2.48. The van der Waals surface area contributed by atoms with Gasteiger partial charge >= 0.3 is 0 Å². The molecule has 0 aliphatic carbocycles. The minimum Gasteiger partial charge on any atom is -0.394 e. The van der Waals surface area contributed by atoms with E-state index in [0.29, 0.717) is 0 Å². The van der Waals surface area contributed by atoms with E-state index in [1.807, 2.05) is 51.1 Å².